The Kier molecular flexibility index (Phi) is 6.70. The van der Waals surface area contributed by atoms with Gasteiger partial charge in [0.05, 0.1) is 5.25 Å². The summed E-state index contributed by atoms with van der Waals surface area (Å²) in [5.74, 6) is 0.563. The molecule has 2 N–H and O–H groups in total. The van der Waals surface area contributed by atoms with Crippen molar-refractivity contribution in [2.45, 2.75) is 24.9 Å². The summed E-state index contributed by atoms with van der Waals surface area (Å²) in [5, 5.41) is 6.08. The lowest BCUT2D eigenvalue weighted by Gasteiger charge is -2.12. The van der Waals surface area contributed by atoms with E-state index in [1.165, 1.54) is 6.92 Å². The Morgan fingerprint density at radius 3 is 2.08 bits per heavy atom. The molecule has 0 spiro atoms. The monoisotopic (exact) mass is 362 g/mol. The number of hydrogen-bond donors (Lipinski definition) is 2. The Balaban J connectivity index is 1.84. The van der Waals surface area contributed by atoms with Gasteiger partial charge in [-0.3, -0.25) is 9.59 Å². The first-order chi connectivity index (χ1) is 11.4. The highest BCUT2D eigenvalue weighted by atomic mass is 35.5. The highest BCUT2D eigenvalue weighted by Gasteiger charge is 2.13. The summed E-state index contributed by atoms with van der Waals surface area (Å²) in [7, 11) is 0. The molecule has 1 atom stereocenters. The molecule has 0 radical (unpaired) electrons. The van der Waals surface area contributed by atoms with Gasteiger partial charge in [0, 0.05) is 29.1 Å². The maximum atomic E-state index is 12.2. The van der Waals surface area contributed by atoms with E-state index in [0.29, 0.717) is 16.4 Å². The van der Waals surface area contributed by atoms with Crippen molar-refractivity contribution in [1.29, 1.82) is 0 Å². The van der Waals surface area contributed by atoms with Crippen molar-refractivity contribution >= 4 is 46.6 Å². The summed E-state index contributed by atoms with van der Waals surface area (Å²) in [4.78, 5) is 23.2. The van der Waals surface area contributed by atoms with E-state index in [9.17, 15) is 9.59 Å². The van der Waals surface area contributed by atoms with E-state index >= 15 is 0 Å². The SMILES string of the molecule is CC(=O)Nc1ccc(NC(=O)[C@H](C)SCc2ccc(Cl)cc2)cc1. The van der Waals surface area contributed by atoms with Gasteiger partial charge in [0.25, 0.3) is 0 Å². The first kappa shape index (κ1) is 18.4. The number of nitrogens with one attached hydrogen (secondary N) is 2. The predicted octanol–water partition coefficient (Wildman–Crippen LogP) is 4.56. The van der Waals surface area contributed by atoms with Crippen molar-refractivity contribution in [2.24, 2.45) is 0 Å². The zero-order chi connectivity index (χ0) is 17.5. The molecule has 0 bridgehead atoms. The molecular formula is C18H19ClN2O2S. The van der Waals surface area contributed by atoms with Crippen molar-refractivity contribution < 1.29 is 9.59 Å². The van der Waals surface area contributed by atoms with Crippen LogP contribution in [0, 0.1) is 0 Å². The van der Waals surface area contributed by atoms with Gasteiger partial charge in [-0.2, -0.15) is 0 Å². The Bertz CT molecular complexity index is 702. The standard InChI is InChI=1S/C18H19ClN2O2S/c1-12(24-11-14-3-5-15(19)6-4-14)18(23)21-17-9-7-16(8-10-17)20-13(2)22/h3-10,12H,11H2,1-2H3,(H,20,22)(H,21,23)/t12-/m0/s1. The smallest absolute Gasteiger partial charge is 0.237 e. The summed E-state index contributed by atoms with van der Waals surface area (Å²) in [6.45, 7) is 3.33. The fraction of sp³-hybridized carbons (Fsp3) is 0.222. The third kappa shape index (κ3) is 5.91. The van der Waals surface area contributed by atoms with Gasteiger partial charge in [-0.1, -0.05) is 23.7 Å². The number of carbonyl (C=O) groups excluding carboxylic acids is 2. The number of carbonyl (C=O) groups is 2. The Morgan fingerprint density at radius 1 is 1.00 bits per heavy atom. The van der Waals surface area contributed by atoms with Crippen LogP contribution in [0.4, 0.5) is 11.4 Å². The van der Waals surface area contributed by atoms with Gasteiger partial charge in [0.2, 0.25) is 11.8 Å². The fourth-order valence-electron chi connectivity index (χ4n) is 1.96. The minimum absolute atomic E-state index is 0.0544. The van der Waals surface area contributed by atoms with Crippen molar-refractivity contribution in [3.63, 3.8) is 0 Å². The molecule has 0 unspecified atom stereocenters. The lowest BCUT2D eigenvalue weighted by molar-refractivity contribution is -0.115. The fourth-order valence-corrected chi connectivity index (χ4v) is 2.93. The van der Waals surface area contributed by atoms with Gasteiger partial charge in [0.15, 0.2) is 0 Å². The second kappa shape index (κ2) is 8.76. The minimum Gasteiger partial charge on any atom is -0.326 e. The zero-order valence-corrected chi connectivity index (χ0v) is 15.1. The summed E-state index contributed by atoms with van der Waals surface area (Å²) in [6, 6.07) is 14.6. The van der Waals surface area contributed by atoms with Crippen LogP contribution < -0.4 is 10.6 Å². The molecule has 126 valence electrons. The molecule has 2 aromatic rings. The second-order valence-corrected chi connectivity index (χ2v) is 7.09. The minimum atomic E-state index is -0.185. The Labute approximate surface area is 151 Å². The molecule has 0 aliphatic rings. The summed E-state index contributed by atoms with van der Waals surface area (Å²) >= 11 is 7.42. The normalized spacial score (nSPS) is 11.6. The van der Waals surface area contributed by atoms with Gasteiger partial charge in [-0.05, 0) is 48.9 Å². The molecule has 6 heteroatoms. The van der Waals surface area contributed by atoms with Crippen LogP contribution in [0.2, 0.25) is 5.02 Å². The molecule has 0 aromatic heterocycles. The van der Waals surface area contributed by atoms with Gasteiger partial charge in [-0.25, -0.2) is 0 Å². The van der Waals surface area contributed by atoms with Crippen LogP contribution in [0.3, 0.4) is 0 Å². The average Bonchev–Trinajstić information content (AvgIpc) is 2.55. The number of rotatable bonds is 6. The number of halogens is 1. The van der Waals surface area contributed by atoms with E-state index in [1.54, 1.807) is 36.0 Å². The first-order valence-corrected chi connectivity index (χ1v) is 8.91. The van der Waals surface area contributed by atoms with Crippen molar-refractivity contribution in [1.82, 2.24) is 0 Å². The number of thioether (sulfide) groups is 1. The van der Waals surface area contributed by atoms with Crippen LogP contribution >= 0.6 is 23.4 Å². The van der Waals surface area contributed by atoms with Crippen LogP contribution in [0.25, 0.3) is 0 Å². The molecule has 2 aromatic carbocycles. The molecule has 4 nitrogen and oxygen atoms in total. The Hall–Kier alpha value is -1.98. The summed E-state index contributed by atoms with van der Waals surface area (Å²) in [5.41, 5.74) is 2.53. The van der Waals surface area contributed by atoms with Crippen molar-refractivity contribution in [3.05, 3.63) is 59.1 Å². The third-order valence-corrected chi connectivity index (χ3v) is 4.72. The molecule has 0 aliphatic carbocycles. The van der Waals surface area contributed by atoms with Crippen LogP contribution in [0.1, 0.15) is 19.4 Å². The number of anilines is 2. The van der Waals surface area contributed by atoms with Gasteiger partial charge in [-0.15, -0.1) is 11.8 Å². The van der Waals surface area contributed by atoms with E-state index in [0.717, 1.165) is 11.3 Å². The molecular weight excluding hydrogens is 344 g/mol. The zero-order valence-electron chi connectivity index (χ0n) is 13.5. The third-order valence-electron chi connectivity index (χ3n) is 3.26. The average molecular weight is 363 g/mol. The molecule has 2 rings (SSSR count). The molecule has 0 aliphatic heterocycles. The van der Waals surface area contributed by atoms with Crippen LogP contribution in [-0.4, -0.2) is 17.1 Å². The van der Waals surface area contributed by atoms with E-state index < -0.39 is 0 Å². The molecule has 0 heterocycles. The van der Waals surface area contributed by atoms with Crippen LogP contribution in [-0.2, 0) is 15.3 Å². The maximum Gasteiger partial charge on any atom is 0.237 e. The molecule has 0 saturated heterocycles. The molecule has 24 heavy (non-hydrogen) atoms. The summed E-state index contributed by atoms with van der Waals surface area (Å²) in [6.07, 6.45) is 0. The largest absolute Gasteiger partial charge is 0.326 e. The molecule has 0 fully saturated rings. The number of hydrogen-bond acceptors (Lipinski definition) is 3. The highest BCUT2D eigenvalue weighted by Crippen LogP contribution is 2.21. The van der Waals surface area contributed by atoms with E-state index in [1.807, 2.05) is 31.2 Å². The Morgan fingerprint density at radius 2 is 1.54 bits per heavy atom. The lowest BCUT2D eigenvalue weighted by atomic mass is 10.2. The topological polar surface area (TPSA) is 58.2 Å². The maximum absolute atomic E-state index is 12.2. The molecule has 2 amide bonds. The van der Waals surface area contributed by atoms with Crippen molar-refractivity contribution in [2.75, 3.05) is 10.6 Å². The quantitative estimate of drug-likeness (QED) is 0.792. The second-order valence-electron chi connectivity index (χ2n) is 5.33. The van der Waals surface area contributed by atoms with E-state index in [-0.39, 0.29) is 17.1 Å². The summed E-state index contributed by atoms with van der Waals surface area (Å²) < 4.78 is 0. The van der Waals surface area contributed by atoms with Gasteiger partial charge < -0.3 is 10.6 Å². The number of benzene rings is 2. The van der Waals surface area contributed by atoms with Crippen LogP contribution in [0.5, 0.6) is 0 Å². The van der Waals surface area contributed by atoms with Gasteiger partial charge >= 0.3 is 0 Å². The van der Waals surface area contributed by atoms with E-state index in [4.69, 9.17) is 11.6 Å². The number of amides is 2. The first-order valence-electron chi connectivity index (χ1n) is 7.48. The van der Waals surface area contributed by atoms with Crippen LogP contribution in [0.15, 0.2) is 48.5 Å². The highest BCUT2D eigenvalue weighted by molar-refractivity contribution is 7.99. The van der Waals surface area contributed by atoms with E-state index in [2.05, 4.69) is 10.6 Å². The molecule has 0 saturated carbocycles. The van der Waals surface area contributed by atoms with Crippen molar-refractivity contribution in [3.8, 4) is 0 Å². The predicted molar refractivity (Wildman–Crippen MR) is 102 cm³/mol. The van der Waals surface area contributed by atoms with Gasteiger partial charge in [0.1, 0.15) is 0 Å². The lowest BCUT2D eigenvalue weighted by Crippen LogP contribution is -2.22.